The number of nitrogens with one attached hydrogen (secondary N) is 2. The van der Waals surface area contributed by atoms with Gasteiger partial charge in [0.1, 0.15) is 11.8 Å². The summed E-state index contributed by atoms with van der Waals surface area (Å²) >= 11 is 12.0. The molecule has 0 aliphatic heterocycles. The highest BCUT2D eigenvalue weighted by molar-refractivity contribution is 6.35. The first-order valence-corrected chi connectivity index (χ1v) is 11.7. The number of hydrogen-bond donors (Lipinski definition) is 2. The van der Waals surface area contributed by atoms with E-state index in [-0.39, 0.29) is 5.92 Å². The molecule has 3 aromatic carbocycles. The number of ether oxygens (including phenoxy) is 1. The molecule has 2 N–H and O–H groups in total. The van der Waals surface area contributed by atoms with Gasteiger partial charge in [0, 0.05) is 10.6 Å². The molecule has 178 valence electrons. The first kappa shape index (κ1) is 25.5. The zero-order valence-electron chi connectivity index (χ0n) is 19.2. The first-order chi connectivity index (χ1) is 16.2. The average Bonchev–Trinajstić information content (AvgIpc) is 2.80. The lowest BCUT2D eigenvalue weighted by atomic mass is 10.0. The third-order valence-corrected chi connectivity index (χ3v) is 5.64. The lowest BCUT2D eigenvalue weighted by Gasteiger charge is -2.22. The lowest BCUT2D eigenvalue weighted by Crippen LogP contribution is -2.49. The summed E-state index contributed by atoms with van der Waals surface area (Å²) in [5.74, 6) is -0.349. The van der Waals surface area contributed by atoms with Crippen molar-refractivity contribution in [2.45, 2.75) is 39.3 Å². The van der Waals surface area contributed by atoms with Crippen molar-refractivity contribution in [3.63, 3.8) is 0 Å². The molecule has 3 rings (SSSR count). The van der Waals surface area contributed by atoms with E-state index < -0.39 is 24.0 Å². The second kappa shape index (κ2) is 11.9. The van der Waals surface area contributed by atoms with E-state index in [4.69, 9.17) is 27.9 Å². The molecule has 0 heterocycles. The van der Waals surface area contributed by atoms with Gasteiger partial charge < -0.3 is 10.1 Å². The minimum absolute atomic E-state index is 0.167. The van der Waals surface area contributed by atoms with Crippen molar-refractivity contribution in [2.24, 2.45) is 11.0 Å². The molecule has 0 saturated carbocycles. The van der Waals surface area contributed by atoms with Crippen LogP contribution in [0.25, 0.3) is 10.8 Å². The van der Waals surface area contributed by atoms with Crippen LogP contribution in [0.1, 0.15) is 32.8 Å². The van der Waals surface area contributed by atoms with Gasteiger partial charge in [-0.15, -0.1) is 0 Å². The number of hydrazone groups is 1. The third-order valence-electron chi connectivity index (χ3n) is 5.11. The lowest BCUT2D eigenvalue weighted by molar-refractivity contribution is -0.132. The molecular formula is C26H27Cl2N3O3. The van der Waals surface area contributed by atoms with Crippen LogP contribution in [0.4, 0.5) is 0 Å². The molecule has 3 aromatic rings. The predicted molar refractivity (Wildman–Crippen MR) is 138 cm³/mol. The summed E-state index contributed by atoms with van der Waals surface area (Å²) in [5.41, 5.74) is 3.43. The van der Waals surface area contributed by atoms with E-state index in [2.05, 4.69) is 15.8 Å². The number of nitrogens with zero attached hydrogens (tertiary/aromatic N) is 1. The fourth-order valence-electron chi connectivity index (χ4n) is 3.41. The highest BCUT2D eigenvalue weighted by Gasteiger charge is 2.25. The van der Waals surface area contributed by atoms with Gasteiger partial charge in [-0.3, -0.25) is 9.59 Å². The maximum atomic E-state index is 12.8. The van der Waals surface area contributed by atoms with Crippen LogP contribution in [-0.4, -0.2) is 30.2 Å². The van der Waals surface area contributed by atoms with Crippen molar-refractivity contribution >= 4 is 52.0 Å². The highest BCUT2D eigenvalue weighted by atomic mass is 35.5. The quantitative estimate of drug-likeness (QED) is 0.297. The van der Waals surface area contributed by atoms with Gasteiger partial charge in [-0.25, -0.2) is 5.43 Å². The molecule has 0 fully saturated rings. The van der Waals surface area contributed by atoms with Gasteiger partial charge >= 0.3 is 0 Å². The average molecular weight is 500 g/mol. The summed E-state index contributed by atoms with van der Waals surface area (Å²) < 4.78 is 5.66. The maximum absolute atomic E-state index is 12.8. The second-order valence-electron chi connectivity index (χ2n) is 8.33. The van der Waals surface area contributed by atoms with Gasteiger partial charge in [0.15, 0.2) is 6.10 Å². The predicted octanol–water partition coefficient (Wildman–Crippen LogP) is 5.60. The zero-order chi connectivity index (χ0) is 24.7. The van der Waals surface area contributed by atoms with E-state index >= 15 is 0 Å². The Bertz CT molecular complexity index is 1190. The molecule has 0 radical (unpaired) electrons. The van der Waals surface area contributed by atoms with Crippen LogP contribution in [0.3, 0.4) is 0 Å². The summed E-state index contributed by atoms with van der Waals surface area (Å²) in [6.07, 6.45) is 1.17. The van der Waals surface area contributed by atoms with Crippen LogP contribution in [-0.2, 0) is 9.59 Å². The smallest absolute Gasteiger partial charge is 0.262 e. The van der Waals surface area contributed by atoms with E-state index in [1.807, 2.05) is 56.3 Å². The van der Waals surface area contributed by atoms with Crippen LogP contribution in [0.5, 0.6) is 5.75 Å². The van der Waals surface area contributed by atoms with Gasteiger partial charge in [0.25, 0.3) is 11.8 Å². The van der Waals surface area contributed by atoms with Crippen LogP contribution in [0.2, 0.25) is 10.0 Å². The number of carbonyl (C=O) groups is 2. The molecule has 0 aliphatic carbocycles. The van der Waals surface area contributed by atoms with Gasteiger partial charge in [-0.1, -0.05) is 79.5 Å². The normalized spacial score (nSPS) is 13.1. The van der Waals surface area contributed by atoms with E-state index in [0.717, 1.165) is 16.3 Å². The third kappa shape index (κ3) is 6.95. The fourth-order valence-corrected chi connectivity index (χ4v) is 3.87. The van der Waals surface area contributed by atoms with Gasteiger partial charge in [0.05, 0.1) is 11.2 Å². The van der Waals surface area contributed by atoms with Crippen LogP contribution >= 0.6 is 23.2 Å². The van der Waals surface area contributed by atoms with Crippen molar-refractivity contribution < 1.29 is 14.3 Å². The monoisotopic (exact) mass is 499 g/mol. The molecule has 0 aliphatic rings. The molecule has 2 amide bonds. The number of carbonyl (C=O) groups excluding carboxylic acids is 2. The Labute approximate surface area is 209 Å². The second-order valence-corrected chi connectivity index (χ2v) is 9.17. The molecule has 0 bridgehead atoms. The van der Waals surface area contributed by atoms with Crippen molar-refractivity contribution in [1.29, 1.82) is 0 Å². The van der Waals surface area contributed by atoms with E-state index in [1.54, 1.807) is 25.3 Å². The Morgan fingerprint density at radius 1 is 1.00 bits per heavy atom. The molecule has 34 heavy (non-hydrogen) atoms. The largest absolute Gasteiger partial charge is 0.479 e. The summed E-state index contributed by atoms with van der Waals surface area (Å²) in [6.45, 7) is 5.53. The van der Waals surface area contributed by atoms with E-state index in [0.29, 0.717) is 22.2 Å². The number of rotatable bonds is 9. The molecule has 0 spiro atoms. The van der Waals surface area contributed by atoms with E-state index in [9.17, 15) is 9.59 Å². The van der Waals surface area contributed by atoms with Crippen molar-refractivity contribution in [3.8, 4) is 5.75 Å². The summed E-state index contributed by atoms with van der Waals surface area (Å²) in [4.78, 5) is 25.6. The number of fused-ring (bicyclic) bond motifs is 1. The van der Waals surface area contributed by atoms with Gasteiger partial charge in [-0.05, 0) is 48.2 Å². The maximum Gasteiger partial charge on any atom is 0.262 e. The van der Waals surface area contributed by atoms with Crippen molar-refractivity contribution in [2.75, 3.05) is 0 Å². The Kier molecular flexibility index (Phi) is 8.91. The molecule has 8 heteroatoms. The number of halogens is 2. The Hall–Kier alpha value is -3.09. The van der Waals surface area contributed by atoms with Gasteiger partial charge in [0.2, 0.25) is 0 Å². The van der Waals surface area contributed by atoms with E-state index in [1.165, 1.54) is 6.07 Å². The Morgan fingerprint density at radius 2 is 1.74 bits per heavy atom. The summed E-state index contributed by atoms with van der Waals surface area (Å²) in [5, 5.41) is 9.75. The molecule has 6 nitrogen and oxygen atoms in total. The first-order valence-electron chi connectivity index (χ1n) is 11.0. The topological polar surface area (TPSA) is 79.8 Å². The highest BCUT2D eigenvalue weighted by Crippen LogP contribution is 2.28. The number of benzene rings is 3. The van der Waals surface area contributed by atoms with Crippen LogP contribution < -0.4 is 15.5 Å². The minimum atomic E-state index is -0.875. The zero-order valence-corrected chi connectivity index (χ0v) is 20.7. The van der Waals surface area contributed by atoms with Crippen molar-refractivity contribution in [3.05, 3.63) is 76.3 Å². The van der Waals surface area contributed by atoms with Crippen LogP contribution in [0.15, 0.2) is 65.8 Å². The van der Waals surface area contributed by atoms with Crippen molar-refractivity contribution in [1.82, 2.24) is 10.7 Å². The molecular weight excluding hydrogens is 473 g/mol. The number of amides is 2. The van der Waals surface area contributed by atoms with Gasteiger partial charge in [-0.2, -0.15) is 5.10 Å². The Morgan fingerprint density at radius 3 is 2.47 bits per heavy atom. The summed E-state index contributed by atoms with van der Waals surface area (Å²) in [7, 11) is 0. The molecule has 2 atom stereocenters. The molecule has 0 unspecified atom stereocenters. The standard InChI is InChI=1S/C26H27Cl2N3O3/c1-16(2)13-23(30-25(32)17(3)34-24-12-11-20(27)14-22(24)28)26(33)31-29-15-19-9-6-8-18-7-4-5-10-21(18)19/h4-12,14-17,23H,13H2,1-3H3,(H,30,32)(H,31,33)/b29-15-/t17-,23-/m1/s1. The fraction of sp³-hybridized carbons (Fsp3) is 0.269. The molecule has 0 aromatic heterocycles. The number of hydrogen-bond acceptors (Lipinski definition) is 4. The summed E-state index contributed by atoms with van der Waals surface area (Å²) in [6, 6.07) is 17.8. The molecule has 0 saturated heterocycles. The Balaban J connectivity index is 1.65. The SMILES string of the molecule is CC(C)C[C@@H](NC(=O)[C@@H](C)Oc1ccc(Cl)cc1Cl)C(=O)N/N=C\c1cccc2ccccc12. The minimum Gasteiger partial charge on any atom is -0.479 e. The van der Waals surface area contributed by atoms with Crippen LogP contribution in [0, 0.1) is 5.92 Å².